The molecule has 23 heavy (non-hydrogen) atoms. The number of hydrogen-bond donors (Lipinski definition) is 0. The maximum absolute atomic E-state index is 5.34. The van der Waals surface area contributed by atoms with Gasteiger partial charge in [-0.25, -0.2) is 0 Å². The van der Waals surface area contributed by atoms with Gasteiger partial charge in [0.2, 0.25) is 0 Å². The van der Waals surface area contributed by atoms with Crippen molar-refractivity contribution in [1.29, 1.82) is 0 Å². The Kier molecular flexibility index (Phi) is 7.09. The highest BCUT2D eigenvalue weighted by atomic mass is 79.9. The van der Waals surface area contributed by atoms with Crippen LogP contribution in [0.15, 0.2) is 53.0 Å². The molecule has 0 bridgehead atoms. The number of rotatable bonds is 8. The molecule has 0 radical (unpaired) electrons. The molecule has 0 aliphatic heterocycles. The first-order chi connectivity index (χ1) is 11.1. The van der Waals surface area contributed by atoms with E-state index in [1.165, 1.54) is 11.1 Å². The minimum Gasteiger partial charge on any atom is -0.497 e. The van der Waals surface area contributed by atoms with Gasteiger partial charge in [-0.2, -0.15) is 0 Å². The molecule has 2 aromatic rings. The lowest BCUT2D eigenvalue weighted by molar-refractivity contribution is 0.226. The van der Waals surface area contributed by atoms with E-state index in [4.69, 9.17) is 4.74 Å². The van der Waals surface area contributed by atoms with Gasteiger partial charge in [0, 0.05) is 30.7 Å². The Hall–Kier alpha value is -1.36. The molecule has 0 fully saturated rings. The van der Waals surface area contributed by atoms with Gasteiger partial charge in [-0.05, 0) is 49.5 Å². The standard InChI is InChI=1S/C19H25BrN2O/c1-21(2)10-11-22(14-16-6-4-8-18(20)12-16)15-17-7-5-9-19(13-17)23-3/h4-9,12-13H,10-11,14-15H2,1-3H3. The first-order valence-corrected chi connectivity index (χ1v) is 8.60. The summed E-state index contributed by atoms with van der Waals surface area (Å²) in [6.45, 7) is 3.91. The van der Waals surface area contributed by atoms with E-state index in [1.807, 2.05) is 6.07 Å². The first-order valence-electron chi connectivity index (χ1n) is 7.81. The lowest BCUT2D eigenvalue weighted by Gasteiger charge is -2.24. The lowest BCUT2D eigenvalue weighted by Crippen LogP contribution is -2.31. The summed E-state index contributed by atoms with van der Waals surface area (Å²) in [7, 11) is 5.94. The first kappa shape index (κ1) is 18.0. The van der Waals surface area contributed by atoms with E-state index < -0.39 is 0 Å². The summed E-state index contributed by atoms with van der Waals surface area (Å²) in [6.07, 6.45) is 0. The molecule has 2 aromatic carbocycles. The average molecular weight is 377 g/mol. The minimum atomic E-state index is 0.914. The highest BCUT2D eigenvalue weighted by molar-refractivity contribution is 9.10. The van der Waals surface area contributed by atoms with Gasteiger partial charge in [0.15, 0.2) is 0 Å². The Bertz CT molecular complexity index is 616. The number of halogens is 1. The third kappa shape index (κ3) is 6.34. The molecular weight excluding hydrogens is 352 g/mol. The van der Waals surface area contributed by atoms with Crippen LogP contribution < -0.4 is 4.74 Å². The third-order valence-corrected chi connectivity index (χ3v) is 4.19. The van der Waals surface area contributed by atoms with Crippen molar-refractivity contribution in [2.45, 2.75) is 13.1 Å². The van der Waals surface area contributed by atoms with E-state index in [0.717, 1.165) is 36.4 Å². The molecule has 3 nitrogen and oxygen atoms in total. The van der Waals surface area contributed by atoms with Crippen LogP contribution in [0.1, 0.15) is 11.1 Å². The van der Waals surface area contributed by atoms with E-state index in [0.29, 0.717) is 0 Å². The largest absolute Gasteiger partial charge is 0.497 e. The van der Waals surface area contributed by atoms with Gasteiger partial charge in [-0.15, -0.1) is 0 Å². The Morgan fingerprint density at radius 2 is 1.57 bits per heavy atom. The summed E-state index contributed by atoms with van der Waals surface area (Å²) < 4.78 is 6.46. The fourth-order valence-corrected chi connectivity index (χ4v) is 2.92. The Morgan fingerprint density at radius 3 is 2.17 bits per heavy atom. The minimum absolute atomic E-state index is 0.914. The van der Waals surface area contributed by atoms with Crippen molar-refractivity contribution in [2.24, 2.45) is 0 Å². The second-order valence-corrected chi connectivity index (χ2v) is 6.91. The lowest BCUT2D eigenvalue weighted by atomic mass is 10.1. The van der Waals surface area contributed by atoms with Crippen molar-refractivity contribution in [1.82, 2.24) is 9.80 Å². The molecule has 2 rings (SSSR count). The molecule has 0 aromatic heterocycles. The quantitative estimate of drug-likeness (QED) is 0.691. The molecule has 0 saturated carbocycles. The number of likely N-dealkylation sites (N-methyl/N-ethyl adjacent to an activating group) is 1. The SMILES string of the molecule is COc1cccc(CN(CCN(C)C)Cc2cccc(Br)c2)c1. The second kappa shape index (κ2) is 9.06. The summed E-state index contributed by atoms with van der Waals surface area (Å²) in [5.41, 5.74) is 2.60. The van der Waals surface area contributed by atoms with Gasteiger partial charge in [-0.3, -0.25) is 4.90 Å². The number of hydrogen-bond acceptors (Lipinski definition) is 3. The molecular formula is C19H25BrN2O. The van der Waals surface area contributed by atoms with Crippen LogP contribution in [-0.2, 0) is 13.1 Å². The van der Waals surface area contributed by atoms with Crippen molar-refractivity contribution < 1.29 is 4.74 Å². The molecule has 0 saturated heterocycles. The summed E-state index contributed by atoms with van der Waals surface area (Å²) in [4.78, 5) is 4.69. The van der Waals surface area contributed by atoms with Gasteiger partial charge in [0.05, 0.1) is 7.11 Å². The van der Waals surface area contributed by atoms with E-state index in [1.54, 1.807) is 7.11 Å². The van der Waals surface area contributed by atoms with Gasteiger partial charge < -0.3 is 9.64 Å². The predicted octanol–water partition coefficient (Wildman–Crippen LogP) is 4.02. The van der Waals surface area contributed by atoms with Gasteiger partial charge in [-0.1, -0.05) is 40.2 Å². The predicted molar refractivity (Wildman–Crippen MR) is 99.8 cm³/mol. The second-order valence-electron chi connectivity index (χ2n) is 6.00. The summed E-state index contributed by atoms with van der Waals surface area (Å²) >= 11 is 3.56. The molecule has 0 unspecified atom stereocenters. The average Bonchev–Trinajstić information content (AvgIpc) is 2.53. The molecule has 124 valence electrons. The number of ether oxygens (including phenoxy) is 1. The fourth-order valence-electron chi connectivity index (χ4n) is 2.48. The number of nitrogens with zero attached hydrogens (tertiary/aromatic N) is 2. The van der Waals surface area contributed by atoms with Crippen molar-refractivity contribution in [2.75, 3.05) is 34.3 Å². The maximum Gasteiger partial charge on any atom is 0.119 e. The monoisotopic (exact) mass is 376 g/mol. The van der Waals surface area contributed by atoms with E-state index in [-0.39, 0.29) is 0 Å². The molecule has 4 heteroatoms. The van der Waals surface area contributed by atoms with Crippen LogP contribution in [0, 0.1) is 0 Å². The number of benzene rings is 2. The van der Waals surface area contributed by atoms with Crippen LogP contribution in [0.3, 0.4) is 0 Å². The van der Waals surface area contributed by atoms with Crippen LogP contribution in [0.4, 0.5) is 0 Å². The zero-order chi connectivity index (χ0) is 16.7. The van der Waals surface area contributed by atoms with Crippen molar-refractivity contribution in [3.8, 4) is 5.75 Å². The summed E-state index contributed by atoms with van der Waals surface area (Å²) in [5.74, 6) is 0.914. The molecule has 0 N–H and O–H groups in total. The molecule has 0 amide bonds. The van der Waals surface area contributed by atoms with Crippen LogP contribution in [0.25, 0.3) is 0 Å². The van der Waals surface area contributed by atoms with Crippen LogP contribution in [0.2, 0.25) is 0 Å². The normalized spacial score (nSPS) is 11.2. The van der Waals surface area contributed by atoms with E-state index in [2.05, 4.69) is 82.3 Å². The number of methoxy groups -OCH3 is 1. The topological polar surface area (TPSA) is 15.7 Å². The third-order valence-electron chi connectivity index (χ3n) is 3.70. The van der Waals surface area contributed by atoms with Gasteiger partial charge in [0.25, 0.3) is 0 Å². The smallest absolute Gasteiger partial charge is 0.119 e. The summed E-state index contributed by atoms with van der Waals surface area (Å²) in [6, 6.07) is 16.8. The van der Waals surface area contributed by atoms with Crippen molar-refractivity contribution in [3.05, 3.63) is 64.1 Å². The zero-order valence-electron chi connectivity index (χ0n) is 14.1. The van der Waals surface area contributed by atoms with Gasteiger partial charge in [0.1, 0.15) is 5.75 Å². The van der Waals surface area contributed by atoms with Crippen molar-refractivity contribution in [3.63, 3.8) is 0 Å². The molecule has 0 heterocycles. The zero-order valence-corrected chi connectivity index (χ0v) is 15.7. The molecule has 0 aliphatic rings. The maximum atomic E-state index is 5.34. The van der Waals surface area contributed by atoms with E-state index in [9.17, 15) is 0 Å². The molecule has 0 aliphatic carbocycles. The molecule has 0 spiro atoms. The van der Waals surface area contributed by atoms with Crippen LogP contribution in [0.5, 0.6) is 5.75 Å². The Balaban J connectivity index is 2.09. The Labute approximate surface area is 148 Å². The fraction of sp³-hybridized carbons (Fsp3) is 0.368. The highest BCUT2D eigenvalue weighted by Gasteiger charge is 2.09. The van der Waals surface area contributed by atoms with Crippen LogP contribution in [-0.4, -0.2) is 44.1 Å². The van der Waals surface area contributed by atoms with E-state index >= 15 is 0 Å². The Morgan fingerprint density at radius 1 is 0.913 bits per heavy atom. The van der Waals surface area contributed by atoms with Crippen LogP contribution >= 0.6 is 15.9 Å². The van der Waals surface area contributed by atoms with Crippen molar-refractivity contribution >= 4 is 15.9 Å². The molecule has 0 atom stereocenters. The summed E-state index contributed by atoms with van der Waals surface area (Å²) in [5, 5.41) is 0. The van der Waals surface area contributed by atoms with Gasteiger partial charge >= 0.3 is 0 Å². The highest BCUT2D eigenvalue weighted by Crippen LogP contribution is 2.17.